The number of carbonyl (C=O) groups is 3. The molecule has 2 aliphatic heterocycles. The molecular formula is C49H68N4O9S. The van der Waals surface area contributed by atoms with E-state index >= 15 is 0 Å². The van der Waals surface area contributed by atoms with E-state index < -0.39 is 39.6 Å². The van der Waals surface area contributed by atoms with Crippen molar-refractivity contribution in [1.82, 2.24) is 9.21 Å². The standard InChI is InChI=1S/C49H68N4O9S/c1-6-7-8-9-10-11-12-13-14-15-16-17-18-19-20-23-33-52-45(50-40-25-21-22-26-43(40)63(52,57)58)44(53-47(55)49(3,4)62-48(53)56)46(54)51-41-36-37(2)27-32-42(41)61-35-24-34-60-39-30-28-38(59-5)29-31-39/h21-22,25-32,36,44H,6-20,23-24,33-35H2,1-5H3,(H,51,54). The van der Waals surface area contributed by atoms with Gasteiger partial charge in [0.2, 0.25) is 0 Å². The molecular weight excluding hydrogens is 821 g/mol. The minimum absolute atomic E-state index is 0.00437. The largest absolute Gasteiger partial charge is 0.497 e. The van der Waals surface area contributed by atoms with E-state index in [2.05, 4.69) is 12.2 Å². The molecule has 344 valence electrons. The van der Waals surface area contributed by atoms with Gasteiger partial charge in [0.25, 0.3) is 21.8 Å². The van der Waals surface area contributed by atoms with Gasteiger partial charge in [-0.05, 0) is 81.3 Å². The number of carbonyl (C=O) groups excluding carboxylic acids is 3. The Morgan fingerprint density at radius 1 is 0.762 bits per heavy atom. The first-order chi connectivity index (χ1) is 30.4. The number of anilines is 1. The number of methoxy groups -OCH3 is 1. The van der Waals surface area contributed by atoms with E-state index in [-0.39, 0.29) is 35.3 Å². The SMILES string of the molecule is CCCCCCCCCCCCCCCCCCN1C(C(C(=O)Nc2cc(C)ccc2OCCCOc2ccc(OC)cc2)N2C(=O)OC(C)(C)C2=O)=Nc2ccccc2S1(=O)=O. The van der Waals surface area contributed by atoms with Gasteiger partial charge in [-0.25, -0.2) is 23.1 Å². The third-order valence-electron chi connectivity index (χ3n) is 11.4. The number of aryl methyl sites for hydroxylation is 1. The molecule has 0 aliphatic carbocycles. The lowest BCUT2D eigenvalue weighted by Gasteiger charge is -2.35. The van der Waals surface area contributed by atoms with Crippen LogP contribution in [0.3, 0.4) is 0 Å². The van der Waals surface area contributed by atoms with Crippen molar-refractivity contribution < 1.29 is 41.7 Å². The summed E-state index contributed by atoms with van der Waals surface area (Å²) in [4.78, 5) is 47.6. The Hall–Kier alpha value is -5.11. The molecule has 5 rings (SSSR count). The van der Waals surface area contributed by atoms with Crippen LogP contribution < -0.4 is 19.5 Å². The van der Waals surface area contributed by atoms with E-state index in [1.165, 1.54) is 96.6 Å². The second-order valence-corrected chi connectivity index (χ2v) is 18.8. The van der Waals surface area contributed by atoms with Crippen molar-refractivity contribution in [3.05, 3.63) is 72.3 Å². The van der Waals surface area contributed by atoms with Gasteiger partial charge in [-0.2, -0.15) is 0 Å². The lowest BCUT2D eigenvalue weighted by Crippen LogP contribution is -2.59. The van der Waals surface area contributed by atoms with Crippen molar-refractivity contribution in [1.29, 1.82) is 0 Å². The Kier molecular flexibility index (Phi) is 18.7. The van der Waals surface area contributed by atoms with Crippen LogP contribution in [0.15, 0.2) is 76.6 Å². The first kappa shape index (κ1) is 48.9. The number of nitrogens with zero attached hydrogens (tertiary/aromatic N) is 3. The van der Waals surface area contributed by atoms with Gasteiger partial charge in [0.1, 0.15) is 22.1 Å². The average Bonchev–Trinajstić information content (AvgIpc) is 3.46. The summed E-state index contributed by atoms with van der Waals surface area (Å²) in [5.74, 6) is -0.181. The fourth-order valence-electron chi connectivity index (χ4n) is 7.85. The molecule has 14 heteroatoms. The molecule has 1 atom stereocenters. The topological polar surface area (TPSA) is 153 Å². The van der Waals surface area contributed by atoms with E-state index in [0.717, 1.165) is 41.3 Å². The van der Waals surface area contributed by atoms with Crippen molar-refractivity contribution >= 4 is 45.1 Å². The zero-order chi connectivity index (χ0) is 45.2. The molecule has 0 saturated carbocycles. The Morgan fingerprint density at radius 3 is 1.92 bits per heavy atom. The molecule has 63 heavy (non-hydrogen) atoms. The van der Waals surface area contributed by atoms with Gasteiger partial charge in [0.05, 0.1) is 31.7 Å². The lowest BCUT2D eigenvalue weighted by molar-refractivity contribution is -0.137. The van der Waals surface area contributed by atoms with E-state index in [1.807, 2.05) is 37.3 Å². The minimum atomic E-state index is -4.26. The van der Waals surface area contributed by atoms with Crippen LogP contribution in [0.5, 0.6) is 17.2 Å². The van der Waals surface area contributed by atoms with Crippen LogP contribution in [0.1, 0.15) is 135 Å². The number of hydrogen-bond donors (Lipinski definition) is 1. The van der Waals surface area contributed by atoms with E-state index in [0.29, 0.717) is 35.8 Å². The van der Waals surface area contributed by atoms with Gasteiger partial charge in [-0.3, -0.25) is 13.9 Å². The molecule has 0 spiro atoms. The molecule has 0 bridgehead atoms. The van der Waals surface area contributed by atoms with Crippen molar-refractivity contribution in [2.24, 2.45) is 4.99 Å². The summed E-state index contributed by atoms with van der Waals surface area (Å²) in [6.45, 7) is 7.55. The number of aliphatic imine (C=N–C) groups is 1. The highest BCUT2D eigenvalue weighted by Gasteiger charge is 2.55. The molecule has 0 aromatic heterocycles. The van der Waals surface area contributed by atoms with Crippen LogP contribution >= 0.6 is 0 Å². The lowest BCUT2D eigenvalue weighted by atomic mass is 10.0. The summed E-state index contributed by atoms with van der Waals surface area (Å²) < 4.78 is 52.6. The molecule has 1 fully saturated rings. The number of ether oxygens (including phenoxy) is 4. The van der Waals surface area contributed by atoms with E-state index in [1.54, 1.807) is 31.4 Å². The number of amides is 3. The van der Waals surface area contributed by atoms with E-state index in [9.17, 15) is 22.8 Å². The Labute approximate surface area is 375 Å². The van der Waals surface area contributed by atoms with Crippen LogP contribution in [0, 0.1) is 6.92 Å². The molecule has 1 unspecified atom stereocenters. The first-order valence-corrected chi connectivity index (χ1v) is 24.4. The molecule has 1 N–H and O–H groups in total. The maximum absolute atomic E-state index is 14.7. The van der Waals surface area contributed by atoms with Crippen molar-refractivity contribution in [3.63, 3.8) is 0 Å². The van der Waals surface area contributed by atoms with Crippen LogP contribution in [0.4, 0.5) is 16.2 Å². The molecule has 13 nitrogen and oxygen atoms in total. The van der Waals surface area contributed by atoms with Gasteiger partial charge in [0.15, 0.2) is 17.5 Å². The normalized spacial score (nSPS) is 15.7. The third-order valence-corrected chi connectivity index (χ3v) is 13.3. The summed E-state index contributed by atoms with van der Waals surface area (Å²) in [5, 5.41) is 2.86. The van der Waals surface area contributed by atoms with Crippen LogP contribution in [0.2, 0.25) is 0 Å². The van der Waals surface area contributed by atoms with E-state index in [4.69, 9.17) is 23.9 Å². The van der Waals surface area contributed by atoms with Crippen molar-refractivity contribution in [2.45, 2.75) is 153 Å². The number of hydrogen-bond acceptors (Lipinski definition) is 10. The number of cyclic esters (lactones) is 1. The highest BCUT2D eigenvalue weighted by atomic mass is 32.2. The zero-order valence-electron chi connectivity index (χ0n) is 38.0. The summed E-state index contributed by atoms with van der Waals surface area (Å²) in [6, 6.07) is 17.0. The molecule has 3 amide bonds. The zero-order valence-corrected chi connectivity index (χ0v) is 38.8. The summed E-state index contributed by atoms with van der Waals surface area (Å²) in [6.07, 6.45) is 18.1. The number of amidine groups is 1. The Morgan fingerprint density at radius 2 is 1.33 bits per heavy atom. The molecule has 3 aromatic carbocycles. The monoisotopic (exact) mass is 888 g/mol. The maximum Gasteiger partial charge on any atom is 0.418 e. The fourth-order valence-corrected chi connectivity index (χ4v) is 9.48. The van der Waals surface area contributed by atoms with Gasteiger partial charge in [0, 0.05) is 13.0 Å². The number of benzene rings is 3. The molecule has 0 radical (unpaired) electrons. The summed E-state index contributed by atoms with van der Waals surface area (Å²) in [5.41, 5.74) is -0.439. The predicted octanol–water partition coefficient (Wildman–Crippen LogP) is 10.9. The quantitative estimate of drug-likeness (QED) is 0.0702. The van der Waals surface area contributed by atoms with Crippen LogP contribution in [-0.4, -0.2) is 79.9 Å². The number of imide groups is 1. The van der Waals surface area contributed by atoms with Crippen molar-refractivity contribution in [2.75, 3.05) is 32.2 Å². The second kappa shape index (κ2) is 24.1. The maximum atomic E-state index is 14.7. The number of nitrogens with one attached hydrogen (secondary N) is 1. The molecule has 2 aliphatic rings. The predicted molar refractivity (Wildman–Crippen MR) is 247 cm³/mol. The van der Waals surface area contributed by atoms with Gasteiger partial charge < -0.3 is 24.3 Å². The molecule has 1 saturated heterocycles. The highest BCUT2D eigenvalue weighted by molar-refractivity contribution is 7.90. The Bertz CT molecular complexity index is 2110. The number of sulfonamides is 1. The van der Waals surface area contributed by atoms with Crippen molar-refractivity contribution in [3.8, 4) is 17.2 Å². The molecule has 2 heterocycles. The van der Waals surface area contributed by atoms with Gasteiger partial charge in [-0.1, -0.05) is 121 Å². The van der Waals surface area contributed by atoms with Gasteiger partial charge >= 0.3 is 6.09 Å². The third kappa shape index (κ3) is 13.7. The van der Waals surface area contributed by atoms with Crippen LogP contribution in [0.25, 0.3) is 0 Å². The first-order valence-electron chi connectivity index (χ1n) is 23.0. The molecule has 3 aromatic rings. The number of unbranched alkanes of at least 4 members (excludes halogenated alkanes) is 15. The fraction of sp³-hybridized carbons (Fsp3) is 0.551. The summed E-state index contributed by atoms with van der Waals surface area (Å²) >= 11 is 0. The minimum Gasteiger partial charge on any atom is -0.497 e. The number of para-hydroxylation sites is 1. The number of fused-ring (bicyclic) bond motifs is 1. The second-order valence-electron chi connectivity index (χ2n) is 17.0. The highest BCUT2D eigenvalue weighted by Crippen LogP contribution is 2.37. The van der Waals surface area contributed by atoms with Gasteiger partial charge in [-0.15, -0.1) is 0 Å². The van der Waals surface area contributed by atoms with Crippen LogP contribution in [-0.2, 0) is 24.3 Å². The number of rotatable bonds is 28. The average molecular weight is 889 g/mol. The Balaban J connectivity index is 1.26. The smallest absolute Gasteiger partial charge is 0.418 e. The summed E-state index contributed by atoms with van der Waals surface area (Å²) in [7, 11) is -2.67.